The Bertz CT molecular complexity index is 1260. The number of nitrogens with zero attached hydrogens (tertiary/aromatic N) is 2. The van der Waals surface area contributed by atoms with E-state index in [0.717, 1.165) is 91.0 Å². The van der Waals surface area contributed by atoms with Crippen LogP contribution in [0.4, 0.5) is 0 Å². The molecule has 0 radical (unpaired) electrons. The molecule has 0 unspecified atom stereocenters. The minimum Gasteiger partial charge on any atom is -0.379 e. The Kier molecular flexibility index (Phi) is 6.53. The predicted octanol–water partition coefficient (Wildman–Crippen LogP) is 4.00. The van der Waals surface area contributed by atoms with Crippen molar-refractivity contribution in [3.05, 3.63) is 80.8 Å². The van der Waals surface area contributed by atoms with Crippen molar-refractivity contribution >= 4 is 16.7 Å². The maximum absolute atomic E-state index is 13.6. The summed E-state index contributed by atoms with van der Waals surface area (Å²) in [7, 11) is 0. The third kappa shape index (κ3) is 4.65. The number of likely N-dealkylation sites (tertiary alicyclic amines) is 1. The number of ether oxygens (including phenoxy) is 1. The van der Waals surface area contributed by atoms with Crippen LogP contribution in [0.25, 0.3) is 10.8 Å². The number of carbonyl (C=O) groups excluding carboxylic acids is 1. The number of aromatic nitrogens is 1. The molecule has 1 atom stereocenters. The summed E-state index contributed by atoms with van der Waals surface area (Å²) in [5.74, 6) is 0.213. The molecule has 34 heavy (non-hydrogen) atoms. The summed E-state index contributed by atoms with van der Waals surface area (Å²) in [4.78, 5) is 34.0. The molecule has 0 spiro atoms. The van der Waals surface area contributed by atoms with Gasteiger partial charge in [0, 0.05) is 55.3 Å². The largest absolute Gasteiger partial charge is 0.379 e. The van der Waals surface area contributed by atoms with Gasteiger partial charge in [-0.15, -0.1) is 0 Å². The molecule has 0 aliphatic carbocycles. The highest BCUT2D eigenvalue weighted by Crippen LogP contribution is 2.29. The third-order valence-corrected chi connectivity index (χ3v) is 7.20. The average Bonchev–Trinajstić information content (AvgIpc) is 2.84. The van der Waals surface area contributed by atoms with Crippen molar-refractivity contribution in [2.45, 2.75) is 39.2 Å². The van der Waals surface area contributed by atoms with E-state index < -0.39 is 0 Å². The Labute approximate surface area is 200 Å². The Morgan fingerprint density at radius 3 is 2.71 bits per heavy atom. The molecule has 2 aliphatic rings. The monoisotopic (exact) mass is 459 g/mol. The molecular formula is C28H33N3O3. The number of aromatic amines is 1. The van der Waals surface area contributed by atoms with Crippen molar-refractivity contribution < 1.29 is 9.53 Å². The molecule has 6 heteroatoms. The minimum atomic E-state index is -0.0377. The van der Waals surface area contributed by atoms with E-state index in [2.05, 4.69) is 35.0 Å². The molecule has 2 aliphatic heterocycles. The highest BCUT2D eigenvalue weighted by Gasteiger charge is 2.28. The Hall–Kier alpha value is -2.96. The number of H-pyrrole nitrogens is 1. The van der Waals surface area contributed by atoms with E-state index >= 15 is 0 Å². The minimum absolute atomic E-state index is 0.0377. The number of nitrogens with one attached hydrogen (secondary N) is 1. The number of aryl methyl sites for hydroxylation is 2. The molecule has 0 saturated carbocycles. The van der Waals surface area contributed by atoms with Gasteiger partial charge in [-0.1, -0.05) is 35.9 Å². The SMILES string of the molecule is Cc1cc(C)c2c(=O)[nH]c([C@@H]3CCCN(C(=O)c4ccccc4CN4CCOCC4)C3)cc2c1. The second-order valence-electron chi connectivity index (χ2n) is 9.74. The maximum Gasteiger partial charge on any atom is 0.256 e. The molecule has 1 amide bonds. The predicted molar refractivity (Wildman–Crippen MR) is 134 cm³/mol. The van der Waals surface area contributed by atoms with Crippen LogP contribution in [0.3, 0.4) is 0 Å². The highest BCUT2D eigenvalue weighted by atomic mass is 16.5. The number of rotatable bonds is 4. The summed E-state index contributed by atoms with van der Waals surface area (Å²) in [5.41, 5.74) is 4.90. The zero-order valence-electron chi connectivity index (χ0n) is 20.1. The molecule has 2 saturated heterocycles. The van der Waals surface area contributed by atoms with Crippen LogP contribution in [0, 0.1) is 13.8 Å². The van der Waals surface area contributed by atoms with Crippen molar-refractivity contribution in [3.63, 3.8) is 0 Å². The number of hydrogen-bond donors (Lipinski definition) is 1. The lowest BCUT2D eigenvalue weighted by Gasteiger charge is -2.34. The first-order valence-electron chi connectivity index (χ1n) is 12.3. The van der Waals surface area contributed by atoms with Crippen molar-refractivity contribution in [3.8, 4) is 0 Å². The number of hydrogen-bond acceptors (Lipinski definition) is 4. The van der Waals surface area contributed by atoms with E-state index in [4.69, 9.17) is 4.74 Å². The van der Waals surface area contributed by atoms with Gasteiger partial charge in [0.05, 0.1) is 13.2 Å². The standard InChI is InChI=1S/C28H33N3O3/c1-19-14-20(2)26-23(15-19)16-25(29-27(26)32)22-7-5-9-31(18-22)28(33)24-8-4-3-6-21(24)17-30-10-12-34-13-11-30/h3-4,6,8,14-16,22H,5,7,9-13,17-18H2,1-2H3,(H,29,32)/t22-/m1/s1. The van der Waals surface area contributed by atoms with Crippen LogP contribution < -0.4 is 5.56 Å². The first-order chi connectivity index (χ1) is 16.5. The zero-order valence-corrected chi connectivity index (χ0v) is 20.1. The Morgan fingerprint density at radius 2 is 1.88 bits per heavy atom. The first-order valence-corrected chi connectivity index (χ1v) is 12.3. The number of benzene rings is 2. The van der Waals surface area contributed by atoms with E-state index in [-0.39, 0.29) is 17.4 Å². The number of amides is 1. The zero-order chi connectivity index (χ0) is 23.7. The number of fused-ring (bicyclic) bond motifs is 1. The fourth-order valence-electron chi connectivity index (χ4n) is 5.49. The number of pyridine rings is 1. The molecular weight excluding hydrogens is 426 g/mol. The van der Waals surface area contributed by atoms with E-state index in [1.807, 2.05) is 36.1 Å². The van der Waals surface area contributed by atoms with Crippen molar-refractivity contribution in [2.75, 3.05) is 39.4 Å². The second kappa shape index (κ2) is 9.72. The summed E-state index contributed by atoms with van der Waals surface area (Å²) in [5, 5.41) is 1.74. The molecule has 6 nitrogen and oxygen atoms in total. The van der Waals surface area contributed by atoms with Crippen LogP contribution in [0.5, 0.6) is 0 Å². The lowest BCUT2D eigenvalue weighted by molar-refractivity contribution is 0.0339. The van der Waals surface area contributed by atoms with Gasteiger partial charge in [0.1, 0.15) is 0 Å². The maximum atomic E-state index is 13.6. The molecule has 0 bridgehead atoms. The van der Waals surface area contributed by atoms with Gasteiger partial charge in [-0.05, 0) is 55.3 Å². The van der Waals surface area contributed by atoms with Crippen LogP contribution >= 0.6 is 0 Å². The van der Waals surface area contributed by atoms with Gasteiger partial charge in [-0.25, -0.2) is 0 Å². The fourth-order valence-corrected chi connectivity index (χ4v) is 5.49. The van der Waals surface area contributed by atoms with Gasteiger partial charge in [0.2, 0.25) is 0 Å². The summed E-state index contributed by atoms with van der Waals surface area (Å²) in [6.45, 7) is 9.45. The van der Waals surface area contributed by atoms with Gasteiger partial charge in [0.15, 0.2) is 0 Å². The van der Waals surface area contributed by atoms with E-state index in [9.17, 15) is 9.59 Å². The smallest absolute Gasteiger partial charge is 0.256 e. The van der Waals surface area contributed by atoms with Crippen LogP contribution in [0.2, 0.25) is 0 Å². The van der Waals surface area contributed by atoms with Gasteiger partial charge >= 0.3 is 0 Å². The Balaban J connectivity index is 1.38. The van der Waals surface area contributed by atoms with Gasteiger partial charge in [-0.3, -0.25) is 14.5 Å². The topological polar surface area (TPSA) is 65.6 Å². The molecule has 5 rings (SSSR count). The normalized spacial score (nSPS) is 19.5. The molecule has 2 fully saturated rings. The van der Waals surface area contributed by atoms with Gasteiger partial charge in [0.25, 0.3) is 11.5 Å². The summed E-state index contributed by atoms with van der Waals surface area (Å²) in [6, 6.07) is 14.2. The number of piperidine rings is 1. The molecule has 3 aromatic rings. The van der Waals surface area contributed by atoms with Crippen molar-refractivity contribution in [2.24, 2.45) is 0 Å². The van der Waals surface area contributed by atoms with Crippen LogP contribution in [0.1, 0.15) is 51.5 Å². The number of morpholine rings is 1. The summed E-state index contributed by atoms with van der Waals surface area (Å²) < 4.78 is 5.47. The second-order valence-corrected chi connectivity index (χ2v) is 9.74. The average molecular weight is 460 g/mol. The molecule has 3 heterocycles. The lowest BCUT2D eigenvalue weighted by atomic mass is 9.92. The van der Waals surface area contributed by atoms with E-state index in [1.54, 1.807) is 0 Å². The van der Waals surface area contributed by atoms with E-state index in [0.29, 0.717) is 6.54 Å². The molecule has 2 aromatic carbocycles. The van der Waals surface area contributed by atoms with Gasteiger partial charge < -0.3 is 14.6 Å². The van der Waals surface area contributed by atoms with Crippen LogP contribution in [0.15, 0.2) is 47.3 Å². The Morgan fingerprint density at radius 1 is 1.09 bits per heavy atom. The summed E-state index contributed by atoms with van der Waals surface area (Å²) >= 11 is 0. The molecule has 1 N–H and O–H groups in total. The fraction of sp³-hybridized carbons (Fsp3) is 0.429. The van der Waals surface area contributed by atoms with E-state index in [1.165, 1.54) is 0 Å². The number of carbonyl (C=O) groups is 1. The van der Waals surface area contributed by atoms with Gasteiger partial charge in [-0.2, -0.15) is 0 Å². The molecule has 1 aromatic heterocycles. The molecule has 178 valence electrons. The van der Waals surface area contributed by atoms with Crippen LogP contribution in [-0.2, 0) is 11.3 Å². The lowest BCUT2D eigenvalue weighted by Crippen LogP contribution is -2.40. The first kappa shape index (κ1) is 22.8. The van der Waals surface area contributed by atoms with Crippen molar-refractivity contribution in [1.82, 2.24) is 14.8 Å². The highest BCUT2D eigenvalue weighted by molar-refractivity contribution is 5.96. The van der Waals surface area contributed by atoms with Crippen molar-refractivity contribution in [1.29, 1.82) is 0 Å². The third-order valence-electron chi connectivity index (χ3n) is 7.20. The van der Waals surface area contributed by atoms with Crippen LogP contribution in [-0.4, -0.2) is 60.1 Å². The summed E-state index contributed by atoms with van der Waals surface area (Å²) in [6.07, 6.45) is 1.89. The quantitative estimate of drug-likeness (QED) is 0.641.